The van der Waals surface area contributed by atoms with E-state index in [1.165, 1.54) is 5.70 Å². The van der Waals surface area contributed by atoms with E-state index in [1.807, 2.05) is 0 Å². The van der Waals surface area contributed by atoms with Gasteiger partial charge in [-0.25, -0.2) is 0 Å². The molecule has 1 aliphatic rings. The Morgan fingerprint density at radius 1 is 1.55 bits per heavy atom. The number of hydrogen-bond acceptors (Lipinski definition) is 2. The molecule has 0 bridgehead atoms. The molecule has 0 spiro atoms. The van der Waals surface area contributed by atoms with Crippen molar-refractivity contribution in [2.45, 2.75) is 13.8 Å². The number of likely N-dealkylation sites (N-methyl/N-ethyl adjacent to an activating group) is 1. The number of ether oxygens (including phenoxy) is 1. The van der Waals surface area contributed by atoms with Crippen molar-refractivity contribution < 1.29 is 4.74 Å². The van der Waals surface area contributed by atoms with Gasteiger partial charge in [0.1, 0.15) is 0 Å². The molecule has 0 N–H and O–H groups in total. The maximum atomic E-state index is 5.45. The van der Waals surface area contributed by atoms with Gasteiger partial charge in [0, 0.05) is 24.7 Å². The highest BCUT2D eigenvalue weighted by molar-refractivity contribution is 5.06. The van der Waals surface area contributed by atoms with Crippen molar-refractivity contribution in [1.29, 1.82) is 0 Å². The lowest BCUT2D eigenvalue weighted by atomic mass is 9.90. The van der Waals surface area contributed by atoms with E-state index in [0.717, 1.165) is 19.8 Å². The van der Waals surface area contributed by atoms with Crippen LogP contribution in [0, 0.1) is 5.41 Å². The van der Waals surface area contributed by atoms with Crippen molar-refractivity contribution in [1.82, 2.24) is 4.90 Å². The predicted molar refractivity (Wildman–Crippen MR) is 46.4 cm³/mol. The maximum Gasteiger partial charge on any atom is 0.0641 e. The van der Waals surface area contributed by atoms with Crippen LogP contribution in [0.25, 0.3) is 0 Å². The highest BCUT2D eigenvalue weighted by Crippen LogP contribution is 2.28. The average Bonchev–Trinajstić information content (AvgIpc) is 2.03. The van der Waals surface area contributed by atoms with Crippen LogP contribution >= 0.6 is 0 Å². The van der Waals surface area contributed by atoms with Crippen molar-refractivity contribution in [3.05, 3.63) is 12.3 Å². The zero-order chi connectivity index (χ0) is 8.48. The fourth-order valence-electron chi connectivity index (χ4n) is 1.26. The first-order chi connectivity index (χ1) is 5.04. The third kappa shape index (κ3) is 1.74. The molecular formula is C9H17NO. The van der Waals surface area contributed by atoms with Crippen LogP contribution in [0.5, 0.6) is 0 Å². The summed E-state index contributed by atoms with van der Waals surface area (Å²) < 4.78 is 5.45. The summed E-state index contributed by atoms with van der Waals surface area (Å²) in [6.07, 6.45) is 0. The second-order valence-corrected chi connectivity index (χ2v) is 3.80. The van der Waals surface area contributed by atoms with Crippen molar-refractivity contribution >= 4 is 0 Å². The molecule has 0 saturated carbocycles. The largest absolute Gasteiger partial charge is 0.379 e. The first-order valence-electron chi connectivity index (χ1n) is 4.02. The van der Waals surface area contributed by atoms with Gasteiger partial charge in [-0.05, 0) is 0 Å². The molecule has 0 aliphatic carbocycles. The Bertz CT molecular complexity index is 163. The minimum atomic E-state index is 0.102. The molecule has 1 saturated heterocycles. The molecule has 0 aromatic carbocycles. The summed E-state index contributed by atoms with van der Waals surface area (Å²) in [6, 6.07) is 0. The minimum Gasteiger partial charge on any atom is -0.379 e. The van der Waals surface area contributed by atoms with Crippen LogP contribution in [0.3, 0.4) is 0 Å². The molecule has 0 amide bonds. The van der Waals surface area contributed by atoms with E-state index in [9.17, 15) is 0 Å². The van der Waals surface area contributed by atoms with E-state index in [-0.39, 0.29) is 5.41 Å². The standard InChI is InChI=1S/C9H17NO/c1-8-9(2,3)7-11-6-5-10(8)4/h1,5-7H2,2-4H3. The topological polar surface area (TPSA) is 12.5 Å². The van der Waals surface area contributed by atoms with Crippen molar-refractivity contribution in [3.63, 3.8) is 0 Å². The molecule has 0 unspecified atom stereocenters. The smallest absolute Gasteiger partial charge is 0.0641 e. The molecule has 1 heterocycles. The molecule has 0 atom stereocenters. The Balaban J connectivity index is 2.73. The van der Waals surface area contributed by atoms with Crippen LogP contribution in [-0.2, 0) is 4.74 Å². The third-order valence-corrected chi connectivity index (χ3v) is 2.28. The van der Waals surface area contributed by atoms with Crippen molar-refractivity contribution in [2.24, 2.45) is 5.41 Å². The van der Waals surface area contributed by atoms with Crippen LogP contribution in [0.1, 0.15) is 13.8 Å². The third-order valence-electron chi connectivity index (χ3n) is 2.28. The van der Waals surface area contributed by atoms with Gasteiger partial charge >= 0.3 is 0 Å². The summed E-state index contributed by atoms with van der Waals surface area (Å²) in [5.41, 5.74) is 1.28. The van der Waals surface area contributed by atoms with Crippen LogP contribution in [0.15, 0.2) is 12.3 Å². The highest BCUT2D eigenvalue weighted by Gasteiger charge is 2.27. The summed E-state index contributed by atoms with van der Waals surface area (Å²) >= 11 is 0. The lowest BCUT2D eigenvalue weighted by molar-refractivity contribution is 0.0973. The van der Waals surface area contributed by atoms with Gasteiger partial charge in [0.15, 0.2) is 0 Å². The fraction of sp³-hybridized carbons (Fsp3) is 0.778. The maximum absolute atomic E-state index is 5.45. The summed E-state index contributed by atoms with van der Waals surface area (Å²) in [5.74, 6) is 0. The van der Waals surface area contributed by atoms with Gasteiger partial charge in [-0.3, -0.25) is 0 Å². The van der Waals surface area contributed by atoms with E-state index in [1.54, 1.807) is 0 Å². The molecule has 1 rings (SSSR count). The molecule has 0 radical (unpaired) electrons. The van der Waals surface area contributed by atoms with E-state index in [2.05, 4.69) is 32.4 Å². The first-order valence-corrected chi connectivity index (χ1v) is 4.02. The first kappa shape index (κ1) is 8.60. The predicted octanol–water partition coefficient (Wildman–Crippen LogP) is 1.49. The van der Waals surface area contributed by atoms with Crippen LogP contribution < -0.4 is 0 Å². The summed E-state index contributed by atoms with van der Waals surface area (Å²) in [5, 5.41) is 0. The fourth-order valence-corrected chi connectivity index (χ4v) is 1.26. The van der Waals surface area contributed by atoms with E-state index in [0.29, 0.717) is 0 Å². The van der Waals surface area contributed by atoms with Crippen molar-refractivity contribution in [3.8, 4) is 0 Å². The Kier molecular flexibility index (Phi) is 2.23. The Labute approximate surface area is 68.8 Å². The van der Waals surface area contributed by atoms with Gasteiger partial charge in [0.25, 0.3) is 0 Å². The number of hydrogen-bond donors (Lipinski definition) is 0. The van der Waals surface area contributed by atoms with E-state index in [4.69, 9.17) is 4.74 Å². The van der Waals surface area contributed by atoms with Crippen LogP contribution in [-0.4, -0.2) is 31.7 Å². The summed E-state index contributed by atoms with van der Waals surface area (Å²) in [7, 11) is 2.07. The average molecular weight is 155 g/mol. The summed E-state index contributed by atoms with van der Waals surface area (Å²) in [4.78, 5) is 2.17. The van der Waals surface area contributed by atoms with E-state index >= 15 is 0 Å². The molecule has 1 fully saturated rings. The molecule has 11 heavy (non-hydrogen) atoms. The molecule has 1 aliphatic heterocycles. The quantitative estimate of drug-likeness (QED) is 0.525. The number of rotatable bonds is 0. The second kappa shape index (κ2) is 2.86. The molecule has 2 heteroatoms. The second-order valence-electron chi connectivity index (χ2n) is 3.80. The van der Waals surface area contributed by atoms with Gasteiger partial charge in [-0.2, -0.15) is 0 Å². The Morgan fingerprint density at radius 3 is 2.82 bits per heavy atom. The minimum absolute atomic E-state index is 0.102. The molecule has 2 nitrogen and oxygen atoms in total. The highest BCUT2D eigenvalue weighted by atomic mass is 16.5. The molecule has 64 valence electrons. The zero-order valence-corrected chi connectivity index (χ0v) is 7.68. The normalized spacial score (nSPS) is 25.0. The van der Waals surface area contributed by atoms with Gasteiger partial charge in [-0.15, -0.1) is 0 Å². The van der Waals surface area contributed by atoms with Gasteiger partial charge in [0.05, 0.1) is 13.2 Å². The SMILES string of the molecule is C=C1N(C)CCOCC1(C)C. The summed E-state index contributed by atoms with van der Waals surface area (Å²) in [6.45, 7) is 10.9. The van der Waals surface area contributed by atoms with Crippen LogP contribution in [0.2, 0.25) is 0 Å². The lowest BCUT2D eigenvalue weighted by Gasteiger charge is -2.29. The molecule has 0 aromatic rings. The van der Waals surface area contributed by atoms with Gasteiger partial charge in [0.2, 0.25) is 0 Å². The monoisotopic (exact) mass is 155 g/mol. The van der Waals surface area contributed by atoms with Crippen molar-refractivity contribution in [2.75, 3.05) is 26.8 Å². The number of nitrogens with zero attached hydrogens (tertiary/aromatic N) is 1. The molecule has 0 aromatic heterocycles. The lowest BCUT2D eigenvalue weighted by Crippen LogP contribution is -2.28. The zero-order valence-electron chi connectivity index (χ0n) is 7.68. The van der Waals surface area contributed by atoms with E-state index < -0.39 is 0 Å². The van der Waals surface area contributed by atoms with Gasteiger partial charge < -0.3 is 9.64 Å². The van der Waals surface area contributed by atoms with Gasteiger partial charge in [-0.1, -0.05) is 20.4 Å². The molecular weight excluding hydrogens is 138 g/mol. The Hall–Kier alpha value is -0.500. The van der Waals surface area contributed by atoms with Crippen LogP contribution in [0.4, 0.5) is 0 Å². The Morgan fingerprint density at radius 2 is 2.18 bits per heavy atom.